The summed E-state index contributed by atoms with van der Waals surface area (Å²) in [5.74, 6) is -0.0606. The van der Waals surface area contributed by atoms with E-state index in [1.165, 1.54) is 11.8 Å². The van der Waals surface area contributed by atoms with Gasteiger partial charge in [-0.1, -0.05) is 42.1 Å². The second-order valence-electron chi connectivity index (χ2n) is 6.88. The molecule has 0 saturated carbocycles. The van der Waals surface area contributed by atoms with Gasteiger partial charge < -0.3 is 9.64 Å². The van der Waals surface area contributed by atoms with Crippen molar-refractivity contribution in [1.29, 1.82) is 0 Å². The van der Waals surface area contributed by atoms with Crippen molar-refractivity contribution in [2.45, 2.75) is 30.3 Å². The maximum absolute atomic E-state index is 13.1. The summed E-state index contributed by atoms with van der Waals surface area (Å²) in [4.78, 5) is 32.4. The number of amides is 1. The molecule has 0 bridgehead atoms. The smallest absolute Gasteiger partial charge is 0.262 e. The number of aromatic nitrogens is 2. The number of carbonyl (C=O) groups excluding carboxylic acids is 1. The summed E-state index contributed by atoms with van der Waals surface area (Å²) in [5.41, 5.74) is 1.32. The number of para-hydroxylation sites is 2. The fourth-order valence-electron chi connectivity index (χ4n) is 3.17. The number of rotatable bonds is 7. The highest BCUT2D eigenvalue weighted by Crippen LogP contribution is 2.27. The molecule has 0 spiro atoms. The van der Waals surface area contributed by atoms with E-state index in [9.17, 15) is 9.59 Å². The molecule has 0 aliphatic carbocycles. The molecule has 0 fully saturated rings. The van der Waals surface area contributed by atoms with Gasteiger partial charge in [-0.3, -0.25) is 14.2 Å². The first-order valence-electron chi connectivity index (χ1n) is 9.43. The first-order chi connectivity index (χ1) is 13.9. The van der Waals surface area contributed by atoms with Crippen LogP contribution < -0.4 is 10.5 Å². The van der Waals surface area contributed by atoms with E-state index in [-0.39, 0.29) is 17.5 Å². The van der Waals surface area contributed by atoms with E-state index in [1.807, 2.05) is 62.4 Å². The van der Waals surface area contributed by atoms with E-state index in [4.69, 9.17) is 9.72 Å². The van der Waals surface area contributed by atoms with Crippen molar-refractivity contribution in [3.8, 4) is 0 Å². The summed E-state index contributed by atoms with van der Waals surface area (Å²) in [5, 5.41) is 0.648. The van der Waals surface area contributed by atoms with Crippen LogP contribution in [0.15, 0.2) is 64.5 Å². The van der Waals surface area contributed by atoms with Gasteiger partial charge in [0.05, 0.1) is 28.8 Å². The first-order valence-corrected chi connectivity index (χ1v) is 10.3. The van der Waals surface area contributed by atoms with Crippen LogP contribution in [0, 0.1) is 0 Å². The van der Waals surface area contributed by atoms with Gasteiger partial charge in [0.2, 0.25) is 5.91 Å². The van der Waals surface area contributed by atoms with Crippen LogP contribution in [0.1, 0.15) is 19.9 Å². The van der Waals surface area contributed by atoms with Crippen molar-refractivity contribution in [2.75, 3.05) is 25.7 Å². The number of nitrogens with zero attached hydrogens (tertiary/aromatic N) is 3. The maximum Gasteiger partial charge on any atom is 0.262 e. The SMILES string of the molecule is COCC(C)n1c(SC(C)C(=O)N(C)c2ccccc2)nc2ccccc2c1=O. The predicted octanol–water partition coefficient (Wildman–Crippen LogP) is 3.75. The van der Waals surface area contributed by atoms with Crippen LogP contribution in [0.3, 0.4) is 0 Å². The average Bonchev–Trinajstić information content (AvgIpc) is 2.73. The zero-order valence-electron chi connectivity index (χ0n) is 17.0. The lowest BCUT2D eigenvalue weighted by atomic mass is 10.2. The largest absolute Gasteiger partial charge is 0.383 e. The van der Waals surface area contributed by atoms with Gasteiger partial charge in [0.1, 0.15) is 0 Å². The number of hydrogen-bond donors (Lipinski definition) is 0. The Kier molecular flexibility index (Phi) is 6.71. The molecular weight excluding hydrogens is 386 g/mol. The monoisotopic (exact) mass is 411 g/mol. The van der Waals surface area contributed by atoms with Crippen molar-refractivity contribution < 1.29 is 9.53 Å². The minimum absolute atomic E-state index is 0.0606. The van der Waals surface area contributed by atoms with E-state index in [1.54, 1.807) is 29.7 Å². The van der Waals surface area contributed by atoms with Gasteiger partial charge in [-0.15, -0.1) is 0 Å². The molecule has 2 unspecified atom stereocenters. The van der Waals surface area contributed by atoms with E-state index < -0.39 is 5.25 Å². The number of fused-ring (bicyclic) bond motifs is 1. The van der Waals surface area contributed by atoms with Crippen LogP contribution in [0.5, 0.6) is 0 Å². The Balaban J connectivity index is 1.96. The molecule has 152 valence electrons. The van der Waals surface area contributed by atoms with E-state index in [2.05, 4.69) is 0 Å². The van der Waals surface area contributed by atoms with Gasteiger partial charge in [0.15, 0.2) is 5.16 Å². The second kappa shape index (κ2) is 9.24. The molecule has 6 nitrogen and oxygen atoms in total. The Morgan fingerprint density at radius 2 is 1.79 bits per heavy atom. The van der Waals surface area contributed by atoms with Gasteiger partial charge in [-0.25, -0.2) is 4.98 Å². The van der Waals surface area contributed by atoms with Gasteiger partial charge in [-0.05, 0) is 38.1 Å². The highest BCUT2D eigenvalue weighted by molar-refractivity contribution is 8.00. The van der Waals surface area contributed by atoms with Crippen molar-refractivity contribution in [1.82, 2.24) is 9.55 Å². The highest BCUT2D eigenvalue weighted by Gasteiger charge is 2.24. The molecule has 0 aliphatic heterocycles. The van der Waals surface area contributed by atoms with Crippen molar-refractivity contribution >= 4 is 34.3 Å². The third-order valence-electron chi connectivity index (χ3n) is 4.73. The Labute approximate surface area is 174 Å². The second-order valence-corrected chi connectivity index (χ2v) is 8.19. The normalized spacial score (nSPS) is 13.2. The first kappa shape index (κ1) is 21.1. The minimum Gasteiger partial charge on any atom is -0.383 e. The van der Waals surface area contributed by atoms with Crippen LogP contribution in [-0.4, -0.2) is 41.5 Å². The Morgan fingerprint density at radius 3 is 2.48 bits per heavy atom. The van der Waals surface area contributed by atoms with E-state index >= 15 is 0 Å². The van der Waals surface area contributed by atoms with Gasteiger partial charge >= 0.3 is 0 Å². The molecule has 0 radical (unpaired) electrons. The topological polar surface area (TPSA) is 64.4 Å². The molecule has 2 atom stereocenters. The fraction of sp³-hybridized carbons (Fsp3) is 0.318. The number of carbonyl (C=O) groups is 1. The lowest BCUT2D eigenvalue weighted by Gasteiger charge is -2.23. The van der Waals surface area contributed by atoms with Crippen LogP contribution in [-0.2, 0) is 9.53 Å². The number of benzene rings is 2. The summed E-state index contributed by atoms with van der Waals surface area (Å²) in [6, 6.07) is 16.5. The molecule has 1 heterocycles. The Morgan fingerprint density at radius 1 is 1.14 bits per heavy atom. The van der Waals surface area contributed by atoms with Crippen molar-refractivity contribution in [2.24, 2.45) is 0 Å². The van der Waals surface area contributed by atoms with Crippen molar-refractivity contribution in [3.63, 3.8) is 0 Å². The zero-order valence-corrected chi connectivity index (χ0v) is 17.8. The standard InChI is InChI=1S/C22H25N3O3S/c1-15(14-28-4)25-21(27)18-12-8-9-13-19(18)23-22(25)29-16(2)20(26)24(3)17-10-6-5-7-11-17/h5-13,15-16H,14H2,1-4H3. The summed E-state index contributed by atoms with van der Waals surface area (Å²) in [7, 11) is 3.35. The molecular formula is C22H25N3O3S. The third kappa shape index (κ3) is 4.52. The molecule has 0 N–H and O–H groups in total. The summed E-state index contributed by atoms with van der Waals surface area (Å²) < 4.78 is 6.88. The zero-order chi connectivity index (χ0) is 21.0. The quantitative estimate of drug-likeness (QED) is 0.438. The molecule has 3 aromatic rings. The van der Waals surface area contributed by atoms with E-state index in [0.29, 0.717) is 22.7 Å². The van der Waals surface area contributed by atoms with Crippen LogP contribution in [0.25, 0.3) is 10.9 Å². The van der Waals surface area contributed by atoms with Crippen LogP contribution in [0.4, 0.5) is 5.69 Å². The number of methoxy groups -OCH3 is 1. The fourth-order valence-corrected chi connectivity index (χ4v) is 4.28. The number of ether oxygens (including phenoxy) is 1. The molecule has 7 heteroatoms. The molecule has 0 aliphatic rings. The van der Waals surface area contributed by atoms with Gasteiger partial charge in [-0.2, -0.15) is 0 Å². The number of anilines is 1. The maximum atomic E-state index is 13.1. The van der Waals surface area contributed by atoms with Crippen LogP contribution in [0.2, 0.25) is 0 Å². The van der Waals surface area contributed by atoms with E-state index in [0.717, 1.165) is 5.69 Å². The van der Waals surface area contributed by atoms with Gasteiger partial charge in [0.25, 0.3) is 5.56 Å². The predicted molar refractivity (Wildman–Crippen MR) is 118 cm³/mol. The molecule has 0 saturated heterocycles. The highest BCUT2D eigenvalue weighted by atomic mass is 32.2. The average molecular weight is 412 g/mol. The Bertz CT molecular complexity index is 1050. The lowest BCUT2D eigenvalue weighted by molar-refractivity contribution is -0.117. The van der Waals surface area contributed by atoms with Crippen molar-refractivity contribution in [3.05, 3.63) is 65.0 Å². The number of hydrogen-bond acceptors (Lipinski definition) is 5. The molecule has 3 rings (SSSR count). The molecule has 1 amide bonds. The molecule has 29 heavy (non-hydrogen) atoms. The lowest BCUT2D eigenvalue weighted by Crippen LogP contribution is -2.34. The Hall–Kier alpha value is -2.64. The summed E-state index contributed by atoms with van der Waals surface area (Å²) in [6.07, 6.45) is 0. The number of thioether (sulfide) groups is 1. The molecule has 1 aromatic heterocycles. The van der Waals surface area contributed by atoms with Crippen LogP contribution >= 0.6 is 11.8 Å². The minimum atomic E-state index is -0.422. The summed E-state index contributed by atoms with van der Waals surface area (Å²) >= 11 is 1.29. The molecule has 2 aromatic carbocycles. The van der Waals surface area contributed by atoms with Gasteiger partial charge in [0, 0.05) is 19.8 Å². The summed E-state index contributed by atoms with van der Waals surface area (Å²) in [6.45, 7) is 4.12. The third-order valence-corrected chi connectivity index (χ3v) is 5.78.